The van der Waals surface area contributed by atoms with Crippen molar-refractivity contribution in [3.8, 4) is 5.75 Å². The van der Waals surface area contributed by atoms with E-state index in [1.807, 2.05) is 0 Å². The number of nitrogens with one attached hydrogen (secondary N) is 1. The first kappa shape index (κ1) is 16.3. The van der Waals surface area contributed by atoms with Crippen LogP contribution in [0.25, 0.3) is 0 Å². The second-order valence-corrected chi connectivity index (χ2v) is 6.00. The topological polar surface area (TPSA) is 24.5 Å². The molecule has 1 aromatic carbocycles. The second-order valence-electron chi connectivity index (χ2n) is 6.00. The van der Waals surface area contributed by atoms with Gasteiger partial charge in [0, 0.05) is 30.7 Å². The third-order valence-electron chi connectivity index (χ3n) is 4.39. The van der Waals surface area contributed by atoms with Crippen molar-refractivity contribution in [1.82, 2.24) is 10.2 Å². The van der Waals surface area contributed by atoms with Crippen LogP contribution >= 0.6 is 0 Å². The molecule has 0 heterocycles. The molecule has 1 atom stereocenters. The fourth-order valence-corrected chi connectivity index (χ4v) is 2.55. The summed E-state index contributed by atoms with van der Waals surface area (Å²) in [5.41, 5.74) is 1.27. The van der Waals surface area contributed by atoms with Crippen LogP contribution < -0.4 is 10.1 Å². The third kappa shape index (κ3) is 5.33. The van der Waals surface area contributed by atoms with Crippen molar-refractivity contribution in [3.63, 3.8) is 0 Å². The molecule has 1 aromatic rings. The molecule has 0 bridgehead atoms. The summed E-state index contributed by atoms with van der Waals surface area (Å²) >= 11 is 0. The van der Waals surface area contributed by atoms with Gasteiger partial charge in [0.25, 0.3) is 0 Å². The van der Waals surface area contributed by atoms with Gasteiger partial charge >= 0.3 is 0 Å². The molecule has 0 radical (unpaired) electrons. The summed E-state index contributed by atoms with van der Waals surface area (Å²) in [6.07, 6.45) is 3.84. The highest BCUT2D eigenvalue weighted by Crippen LogP contribution is 2.22. The van der Waals surface area contributed by atoms with Crippen molar-refractivity contribution in [2.45, 2.75) is 58.7 Å². The van der Waals surface area contributed by atoms with E-state index in [-0.39, 0.29) is 0 Å². The van der Waals surface area contributed by atoms with Gasteiger partial charge in [-0.15, -0.1) is 0 Å². The molecular formula is C18H30N2O. The summed E-state index contributed by atoms with van der Waals surface area (Å²) in [4.78, 5) is 2.48. The number of hydrogen-bond acceptors (Lipinski definition) is 3. The van der Waals surface area contributed by atoms with Crippen LogP contribution in [-0.4, -0.2) is 36.7 Å². The smallest absolute Gasteiger partial charge is 0.123 e. The highest BCUT2D eigenvalue weighted by atomic mass is 16.5. The molecule has 21 heavy (non-hydrogen) atoms. The number of benzene rings is 1. The number of nitrogens with zero attached hydrogens (tertiary/aromatic N) is 1. The summed E-state index contributed by atoms with van der Waals surface area (Å²) in [6.45, 7) is 10.5. The Labute approximate surface area is 129 Å². The van der Waals surface area contributed by atoms with Crippen LogP contribution in [0.15, 0.2) is 24.3 Å². The van der Waals surface area contributed by atoms with Crippen molar-refractivity contribution in [1.29, 1.82) is 0 Å². The average Bonchev–Trinajstić information content (AvgIpc) is 3.34. The Kier molecular flexibility index (Phi) is 6.52. The van der Waals surface area contributed by atoms with E-state index in [0.29, 0.717) is 6.04 Å². The van der Waals surface area contributed by atoms with Crippen LogP contribution in [0.4, 0.5) is 0 Å². The summed E-state index contributed by atoms with van der Waals surface area (Å²) in [7, 11) is 0. The Bertz CT molecular complexity index is 417. The number of rotatable bonds is 10. The molecule has 3 heteroatoms. The van der Waals surface area contributed by atoms with Gasteiger partial charge < -0.3 is 10.1 Å². The predicted molar refractivity (Wildman–Crippen MR) is 88.8 cm³/mol. The first-order valence-corrected chi connectivity index (χ1v) is 8.42. The summed E-state index contributed by atoms with van der Waals surface area (Å²) in [6, 6.07) is 9.76. The Balaban J connectivity index is 1.81. The molecule has 0 aliphatic heterocycles. The van der Waals surface area contributed by atoms with E-state index in [1.54, 1.807) is 0 Å². The van der Waals surface area contributed by atoms with Crippen LogP contribution in [0, 0.1) is 0 Å². The minimum absolute atomic E-state index is 0.630. The van der Waals surface area contributed by atoms with Gasteiger partial charge in [-0.25, -0.2) is 0 Å². The van der Waals surface area contributed by atoms with Crippen molar-refractivity contribution in [3.05, 3.63) is 29.8 Å². The fourth-order valence-electron chi connectivity index (χ4n) is 2.55. The molecule has 1 aliphatic carbocycles. The van der Waals surface area contributed by atoms with E-state index < -0.39 is 0 Å². The molecule has 0 saturated heterocycles. The maximum Gasteiger partial charge on any atom is 0.123 e. The molecule has 1 saturated carbocycles. The number of ether oxygens (including phenoxy) is 1. The number of hydrogen-bond donors (Lipinski definition) is 1. The maximum absolute atomic E-state index is 6.04. The minimum atomic E-state index is 0.630. The zero-order valence-corrected chi connectivity index (χ0v) is 13.8. The lowest BCUT2D eigenvalue weighted by Crippen LogP contribution is -2.35. The van der Waals surface area contributed by atoms with Gasteiger partial charge in [-0.2, -0.15) is 0 Å². The first-order valence-electron chi connectivity index (χ1n) is 8.42. The Morgan fingerprint density at radius 3 is 2.71 bits per heavy atom. The maximum atomic E-state index is 6.04. The van der Waals surface area contributed by atoms with Crippen molar-refractivity contribution < 1.29 is 4.74 Å². The highest BCUT2D eigenvalue weighted by Gasteiger charge is 2.20. The molecule has 1 unspecified atom stereocenters. The second kappa shape index (κ2) is 8.40. The molecule has 0 aromatic heterocycles. The lowest BCUT2D eigenvalue weighted by atomic mass is 10.2. The lowest BCUT2D eigenvalue weighted by Gasteiger charge is -2.26. The van der Waals surface area contributed by atoms with Crippen LogP contribution in [0.2, 0.25) is 0 Å². The van der Waals surface area contributed by atoms with E-state index in [0.717, 1.165) is 38.0 Å². The zero-order chi connectivity index (χ0) is 15.1. The quantitative estimate of drug-likeness (QED) is 0.714. The third-order valence-corrected chi connectivity index (χ3v) is 4.39. The average molecular weight is 290 g/mol. The molecular weight excluding hydrogens is 260 g/mol. The standard InChI is InChI=1S/C18H30N2O/c1-4-15(3)20(5-2)12-13-21-18-9-7-6-8-16(18)14-19-17-10-11-17/h6-9,15,17,19H,4-5,10-14H2,1-3H3. The van der Waals surface area contributed by atoms with E-state index in [4.69, 9.17) is 4.74 Å². The normalized spacial score (nSPS) is 16.2. The Morgan fingerprint density at radius 1 is 1.29 bits per heavy atom. The van der Waals surface area contributed by atoms with E-state index in [1.165, 1.54) is 24.8 Å². The van der Waals surface area contributed by atoms with Gasteiger partial charge in [0.15, 0.2) is 0 Å². The van der Waals surface area contributed by atoms with E-state index >= 15 is 0 Å². The van der Waals surface area contributed by atoms with Gasteiger partial charge in [-0.1, -0.05) is 32.0 Å². The summed E-state index contributed by atoms with van der Waals surface area (Å²) in [5, 5.41) is 3.56. The first-order chi connectivity index (χ1) is 10.2. The van der Waals surface area contributed by atoms with Gasteiger partial charge in [0.1, 0.15) is 12.4 Å². The van der Waals surface area contributed by atoms with E-state index in [9.17, 15) is 0 Å². The Hall–Kier alpha value is -1.06. The molecule has 1 aliphatic rings. The van der Waals surface area contributed by atoms with Crippen LogP contribution in [-0.2, 0) is 6.54 Å². The predicted octanol–water partition coefficient (Wildman–Crippen LogP) is 3.44. The van der Waals surface area contributed by atoms with Crippen molar-refractivity contribution in [2.24, 2.45) is 0 Å². The molecule has 3 nitrogen and oxygen atoms in total. The molecule has 1 N–H and O–H groups in total. The molecule has 118 valence electrons. The largest absolute Gasteiger partial charge is 0.492 e. The van der Waals surface area contributed by atoms with Gasteiger partial charge in [0.2, 0.25) is 0 Å². The molecule has 0 spiro atoms. The fraction of sp³-hybridized carbons (Fsp3) is 0.667. The van der Waals surface area contributed by atoms with Crippen LogP contribution in [0.1, 0.15) is 45.6 Å². The zero-order valence-electron chi connectivity index (χ0n) is 13.8. The monoisotopic (exact) mass is 290 g/mol. The molecule has 2 rings (SSSR count). The number of para-hydroxylation sites is 1. The van der Waals surface area contributed by atoms with Crippen molar-refractivity contribution >= 4 is 0 Å². The SMILES string of the molecule is CCC(C)N(CC)CCOc1ccccc1CNC1CC1. The van der Waals surface area contributed by atoms with Gasteiger partial charge in [0.05, 0.1) is 0 Å². The summed E-state index contributed by atoms with van der Waals surface area (Å²) < 4.78 is 6.04. The van der Waals surface area contributed by atoms with Gasteiger partial charge in [-0.05, 0) is 38.8 Å². The highest BCUT2D eigenvalue weighted by molar-refractivity contribution is 5.33. The van der Waals surface area contributed by atoms with E-state index in [2.05, 4.69) is 55.3 Å². The van der Waals surface area contributed by atoms with Crippen LogP contribution in [0.3, 0.4) is 0 Å². The molecule has 1 fully saturated rings. The minimum Gasteiger partial charge on any atom is -0.492 e. The lowest BCUT2D eigenvalue weighted by molar-refractivity contribution is 0.171. The Morgan fingerprint density at radius 2 is 2.05 bits per heavy atom. The summed E-state index contributed by atoms with van der Waals surface area (Å²) in [5.74, 6) is 1.03. The molecule has 0 amide bonds. The van der Waals surface area contributed by atoms with Gasteiger partial charge in [-0.3, -0.25) is 4.90 Å². The number of likely N-dealkylation sites (N-methyl/N-ethyl adjacent to an activating group) is 1. The van der Waals surface area contributed by atoms with Crippen LogP contribution in [0.5, 0.6) is 5.75 Å². The van der Waals surface area contributed by atoms with Crippen molar-refractivity contribution in [2.75, 3.05) is 19.7 Å².